The molecule has 0 spiro atoms. The van der Waals surface area contributed by atoms with Gasteiger partial charge in [0.15, 0.2) is 0 Å². The second kappa shape index (κ2) is 10.3. The van der Waals surface area contributed by atoms with Gasteiger partial charge in [-0.1, -0.05) is 52.4 Å². The number of carbonyl (C=O) groups is 1. The fourth-order valence-electron chi connectivity index (χ4n) is 5.59. The van der Waals surface area contributed by atoms with E-state index in [1.807, 2.05) is 0 Å². The molecule has 1 N–H and O–H groups in total. The van der Waals surface area contributed by atoms with E-state index in [9.17, 15) is 10.1 Å². The van der Waals surface area contributed by atoms with Gasteiger partial charge in [-0.05, 0) is 68.6 Å². The third-order valence-electron chi connectivity index (χ3n) is 7.65. The van der Waals surface area contributed by atoms with Gasteiger partial charge in [0.2, 0.25) is 0 Å². The zero-order chi connectivity index (χ0) is 19.0. The lowest BCUT2D eigenvalue weighted by atomic mass is 9.60. The van der Waals surface area contributed by atoms with Gasteiger partial charge in [0.1, 0.15) is 0 Å². The maximum Gasteiger partial charge on any atom is 0.303 e. The van der Waals surface area contributed by atoms with Crippen LogP contribution in [-0.2, 0) is 4.79 Å². The fourth-order valence-corrected chi connectivity index (χ4v) is 5.59. The van der Waals surface area contributed by atoms with Crippen molar-refractivity contribution in [2.45, 2.75) is 104 Å². The molecule has 3 heteroatoms. The minimum absolute atomic E-state index is 0.191. The molecule has 2 rings (SSSR count). The Kier molecular flexibility index (Phi) is 8.45. The highest BCUT2D eigenvalue weighted by Crippen LogP contribution is 2.49. The molecule has 0 aromatic heterocycles. The standard InChI is InChI=1S/C23H39NO2/c1-3-4-5-6-19-8-10-20(11-9-19)21-13-15-23(17-24,16-14-21)18(2)7-12-22(25)26/h18-21H,3-16H2,1-2H3,(H,25,26)/t18-,19?,20?,21?,23?/m0/s1. The summed E-state index contributed by atoms with van der Waals surface area (Å²) >= 11 is 0. The summed E-state index contributed by atoms with van der Waals surface area (Å²) in [5.74, 6) is 2.10. The third-order valence-corrected chi connectivity index (χ3v) is 7.65. The Labute approximate surface area is 160 Å². The van der Waals surface area contributed by atoms with E-state index in [2.05, 4.69) is 19.9 Å². The van der Waals surface area contributed by atoms with E-state index in [1.54, 1.807) is 0 Å². The molecule has 0 aromatic carbocycles. The van der Waals surface area contributed by atoms with Crippen LogP contribution in [0.1, 0.15) is 104 Å². The van der Waals surface area contributed by atoms with Crippen LogP contribution in [0.3, 0.4) is 0 Å². The van der Waals surface area contributed by atoms with Crippen molar-refractivity contribution in [2.24, 2.45) is 29.1 Å². The number of nitriles is 1. The zero-order valence-electron chi connectivity index (χ0n) is 17.0. The lowest BCUT2D eigenvalue weighted by Gasteiger charge is -2.43. The lowest BCUT2D eigenvalue weighted by Crippen LogP contribution is -2.35. The molecule has 2 aliphatic rings. The minimum atomic E-state index is -0.741. The molecule has 0 aliphatic heterocycles. The SMILES string of the molecule is CCCCCC1CCC(C2CCC(C#N)([C@@H](C)CCC(=O)O)CC2)CC1. The van der Waals surface area contributed by atoms with Crippen molar-refractivity contribution in [2.75, 3.05) is 0 Å². The molecule has 0 unspecified atom stereocenters. The maximum atomic E-state index is 10.9. The number of hydrogen-bond donors (Lipinski definition) is 1. The van der Waals surface area contributed by atoms with Crippen molar-refractivity contribution in [3.63, 3.8) is 0 Å². The average Bonchev–Trinajstić information content (AvgIpc) is 2.67. The highest BCUT2D eigenvalue weighted by atomic mass is 16.4. The zero-order valence-corrected chi connectivity index (χ0v) is 17.0. The van der Waals surface area contributed by atoms with Crippen LogP contribution >= 0.6 is 0 Å². The second-order valence-corrected chi connectivity index (χ2v) is 9.22. The fraction of sp³-hybridized carbons (Fsp3) is 0.913. The number of unbranched alkanes of at least 4 members (excludes halogenated alkanes) is 2. The summed E-state index contributed by atoms with van der Waals surface area (Å²) in [5.41, 5.74) is -0.274. The molecule has 0 aromatic rings. The topological polar surface area (TPSA) is 61.1 Å². The van der Waals surface area contributed by atoms with E-state index >= 15 is 0 Å². The molecule has 26 heavy (non-hydrogen) atoms. The lowest BCUT2D eigenvalue weighted by molar-refractivity contribution is -0.137. The van der Waals surface area contributed by atoms with Gasteiger partial charge in [-0.2, -0.15) is 5.26 Å². The van der Waals surface area contributed by atoms with E-state index in [0.717, 1.165) is 30.6 Å². The summed E-state index contributed by atoms with van der Waals surface area (Å²) in [4.78, 5) is 10.9. The molecule has 2 saturated carbocycles. The van der Waals surface area contributed by atoms with Gasteiger partial charge in [-0.25, -0.2) is 0 Å². The highest BCUT2D eigenvalue weighted by Gasteiger charge is 2.42. The number of nitrogens with zero attached hydrogens (tertiary/aromatic N) is 1. The monoisotopic (exact) mass is 361 g/mol. The largest absolute Gasteiger partial charge is 0.481 e. The van der Waals surface area contributed by atoms with E-state index in [0.29, 0.717) is 6.42 Å². The number of carboxylic acid groups (broad SMARTS) is 1. The van der Waals surface area contributed by atoms with Gasteiger partial charge in [-0.3, -0.25) is 4.79 Å². The van der Waals surface area contributed by atoms with E-state index < -0.39 is 5.97 Å². The number of rotatable bonds is 9. The molecular formula is C23H39NO2. The summed E-state index contributed by atoms with van der Waals surface area (Å²) in [6.07, 6.45) is 16.3. The van der Waals surface area contributed by atoms with Gasteiger partial charge in [0.25, 0.3) is 0 Å². The first-order chi connectivity index (χ1) is 12.5. The maximum absolute atomic E-state index is 10.9. The summed E-state index contributed by atoms with van der Waals surface area (Å²) in [7, 11) is 0. The third kappa shape index (κ3) is 5.73. The van der Waals surface area contributed by atoms with Crippen molar-refractivity contribution in [1.29, 1.82) is 5.26 Å². The normalized spacial score (nSPS) is 33.3. The average molecular weight is 362 g/mol. The van der Waals surface area contributed by atoms with Gasteiger partial charge in [0.05, 0.1) is 11.5 Å². The quantitative estimate of drug-likeness (QED) is 0.472. The summed E-state index contributed by atoms with van der Waals surface area (Å²) in [5, 5.41) is 18.7. The van der Waals surface area contributed by atoms with Crippen LogP contribution in [0.25, 0.3) is 0 Å². The predicted molar refractivity (Wildman–Crippen MR) is 106 cm³/mol. The molecule has 0 radical (unpaired) electrons. The minimum Gasteiger partial charge on any atom is -0.481 e. The molecule has 0 heterocycles. The molecular weight excluding hydrogens is 322 g/mol. The van der Waals surface area contributed by atoms with Gasteiger partial charge < -0.3 is 5.11 Å². The van der Waals surface area contributed by atoms with Crippen molar-refractivity contribution in [3.8, 4) is 6.07 Å². The molecule has 148 valence electrons. The summed E-state index contributed by atoms with van der Waals surface area (Å²) < 4.78 is 0. The van der Waals surface area contributed by atoms with Crippen LogP contribution in [0.5, 0.6) is 0 Å². The Morgan fingerprint density at radius 2 is 1.73 bits per heavy atom. The first-order valence-corrected chi connectivity index (χ1v) is 11.1. The van der Waals surface area contributed by atoms with Crippen LogP contribution in [0, 0.1) is 40.4 Å². The van der Waals surface area contributed by atoms with Crippen LogP contribution in [0.15, 0.2) is 0 Å². The second-order valence-electron chi connectivity index (χ2n) is 9.22. The molecule has 2 aliphatic carbocycles. The van der Waals surface area contributed by atoms with Crippen molar-refractivity contribution in [3.05, 3.63) is 0 Å². The molecule has 2 fully saturated rings. The molecule has 1 atom stereocenters. The smallest absolute Gasteiger partial charge is 0.303 e. The summed E-state index contributed by atoms with van der Waals surface area (Å²) in [6.45, 7) is 4.37. The van der Waals surface area contributed by atoms with E-state index in [4.69, 9.17) is 5.11 Å². The number of hydrogen-bond acceptors (Lipinski definition) is 2. The Hall–Kier alpha value is -1.04. The van der Waals surface area contributed by atoms with Gasteiger partial charge >= 0.3 is 5.97 Å². The predicted octanol–water partition coefficient (Wildman–Crippen LogP) is 6.57. The number of carboxylic acids is 1. The van der Waals surface area contributed by atoms with Crippen molar-refractivity contribution < 1.29 is 9.90 Å². The van der Waals surface area contributed by atoms with Crippen LogP contribution in [0.4, 0.5) is 0 Å². The highest BCUT2D eigenvalue weighted by molar-refractivity contribution is 5.66. The van der Waals surface area contributed by atoms with E-state index in [-0.39, 0.29) is 17.8 Å². The molecule has 0 saturated heterocycles. The molecule has 3 nitrogen and oxygen atoms in total. The molecule has 0 bridgehead atoms. The molecule has 0 amide bonds. The van der Waals surface area contributed by atoms with Gasteiger partial charge in [0, 0.05) is 6.42 Å². The number of aliphatic carboxylic acids is 1. The van der Waals surface area contributed by atoms with Crippen molar-refractivity contribution >= 4 is 5.97 Å². The van der Waals surface area contributed by atoms with Gasteiger partial charge in [-0.15, -0.1) is 0 Å². The van der Waals surface area contributed by atoms with Crippen LogP contribution in [0.2, 0.25) is 0 Å². The first-order valence-electron chi connectivity index (χ1n) is 11.1. The van der Waals surface area contributed by atoms with Crippen LogP contribution < -0.4 is 0 Å². The summed E-state index contributed by atoms with van der Waals surface area (Å²) in [6, 6.07) is 2.61. The Morgan fingerprint density at radius 3 is 2.27 bits per heavy atom. The van der Waals surface area contributed by atoms with E-state index in [1.165, 1.54) is 64.2 Å². The van der Waals surface area contributed by atoms with Crippen molar-refractivity contribution in [1.82, 2.24) is 0 Å². The Balaban J connectivity index is 1.77. The Bertz CT molecular complexity index is 465. The Morgan fingerprint density at radius 1 is 1.12 bits per heavy atom. The van der Waals surface area contributed by atoms with Crippen LogP contribution in [-0.4, -0.2) is 11.1 Å². The first kappa shape index (κ1) is 21.3.